The molecular weight excluding hydrogens is 212 g/mol. The van der Waals surface area contributed by atoms with E-state index in [4.69, 9.17) is 15.3 Å². The van der Waals surface area contributed by atoms with Crippen LogP contribution in [0.1, 0.15) is 40.0 Å². The maximum absolute atomic E-state index is 9.45. The molecular formula is C11H24O5. The lowest BCUT2D eigenvalue weighted by Gasteiger charge is -2.17. The highest BCUT2D eigenvalue weighted by Gasteiger charge is 2.14. The van der Waals surface area contributed by atoms with Crippen molar-refractivity contribution in [2.75, 3.05) is 6.61 Å². The third kappa shape index (κ3) is 9.89. The van der Waals surface area contributed by atoms with E-state index in [-0.39, 0.29) is 18.6 Å². The molecule has 0 aromatic carbocycles. The number of carboxylic acids is 1. The standard InChI is InChI=1S/C8H18O2.C3H6O3/c1-3-5-8(10)7(4-2)6-9;1-2(4)3(5)6/h7-10H,3-6H2,1-2H3;2,4H,1H3,(H,5,6). The molecule has 5 nitrogen and oxygen atoms in total. The molecule has 16 heavy (non-hydrogen) atoms. The fourth-order valence-corrected chi connectivity index (χ4v) is 1.05. The number of hydrogen-bond acceptors (Lipinski definition) is 4. The number of aliphatic hydroxyl groups excluding tert-OH is 3. The van der Waals surface area contributed by atoms with Crippen molar-refractivity contribution in [3.8, 4) is 0 Å². The maximum Gasteiger partial charge on any atom is 0.332 e. The fraction of sp³-hybridized carbons (Fsp3) is 0.909. The van der Waals surface area contributed by atoms with Crippen molar-refractivity contribution in [1.29, 1.82) is 0 Å². The quantitative estimate of drug-likeness (QED) is 0.542. The number of carbonyl (C=O) groups is 1. The van der Waals surface area contributed by atoms with E-state index in [1.54, 1.807) is 0 Å². The molecule has 3 atom stereocenters. The minimum atomic E-state index is -1.23. The molecule has 0 saturated heterocycles. The normalized spacial score (nSPS) is 15.6. The lowest BCUT2D eigenvalue weighted by atomic mass is 9.97. The molecule has 0 spiro atoms. The van der Waals surface area contributed by atoms with Crippen LogP contribution >= 0.6 is 0 Å². The number of aliphatic hydroxyl groups is 3. The van der Waals surface area contributed by atoms with Crippen molar-refractivity contribution in [3.63, 3.8) is 0 Å². The van der Waals surface area contributed by atoms with Crippen molar-refractivity contribution in [1.82, 2.24) is 0 Å². The van der Waals surface area contributed by atoms with Gasteiger partial charge >= 0.3 is 5.97 Å². The van der Waals surface area contributed by atoms with Crippen LogP contribution in [0.3, 0.4) is 0 Å². The van der Waals surface area contributed by atoms with Crippen molar-refractivity contribution < 1.29 is 25.2 Å². The van der Waals surface area contributed by atoms with Gasteiger partial charge in [0.25, 0.3) is 0 Å². The van der Waals surface area contributed by atoms with Crippen LogP contribution in [0.2, 0.25) is 0 Å². The van der Waals surface area contributed by atoms with E-state index in [0.29, 0.717) is 0 Å². The highest BCUT2D eigenvalue weighted by Crippen LogP contribution is 2.11. The number of aliphatic carboxylic acids is 1. The van der Waals surface area contributed by atoms with E-state index < -0.39 is 12.1 Å². The molecule has 0 aliphatic rings. The molecule has 0 bridgehead atoms. The van der Waals surface area contributed by atoms with Gasteiger partial charge in [-0.2, -0.15) is 0 Å². The van der Waals surface area contributed by atoms with Gasteiger partial charge in [0.05, 0.1) is 6.10 Å². The van der Waals surface area contributed by atoms with E-state index in [9.17, 15) is 9.90 Å². The van der Waals surface area contributed by atoms with Crippen LogP contribution < -0.4 is 0 Å². The predicted octanol–water partition coefficient (Wildman–Crippen LogP) is 0.618. The Kier molecular flexibility index (Phi) is 12.0. The van der Waals surface area contributed by atoms with Gasteiger partial charge in [-0.1, -0.05) is 20.3 Å². The third-order valence-corrected chi connectivity index (χ3v) is 2.24. The van der Waals surface area contributed by atoms with Crippen LogP contribution in [-0.2, 0) is 4.79 Å². The van der Waals surface area contributed by atoms with Gasteiger partial charge in [-0.25, -0.2) is 4.79 Å². The Labute approximate surface area is 96.7 Å². The SMILES string of the molecule is CC(O)C(=O)O.CCCC(O)C(CC)CO. The first-order chi connectivity index (χ1) is 7.40. The largest absolute Gasteiger partial charge is 0.479 e. The molecule has 0 aromatic rings. The van der Waals surface area contributed by atoms with E-state index in [2.05, 4.69) is 0 Å². The molecule has 0 fully saturated rings. The molecule has 0 heterocycles. The average molecular weight is 236 g/mol. The van der Waals surface area contributed by atoms with E-state index in [1.807, 2.05) is 13.8 Å². The average Bonchev–Trinajstić information content (AvgIpc) is 2.20. The third-order valence-electron chi connectivity index (χ3n) is 2.24. The molecule has 0 amide bonds. The zero-order valence-electron chi connectivity index (χ0n) is 10.3. The molecule has 0 aliphatic carbocycles. The smallest absolute Gasteiger partial charge is 0.332 e. The summed E-state index contributed by atoms with van der Waals surface area (Å²) in [5, 5.41) is 33.9. The van der Waals surface area contributed by atoms with Gasteiger partial charge < -0.3 is 20.4 Å². The Bertz CT molecular complexity index is 166. The molecule has 4 N–H and O–H groups in total. The molecule has 0 radical (unpaired) electrons. The van der Waals surface area contributed by atoms with Gasteiger partial charge in [0, 0.05) is 12.5 Å². The van der Waals surface area contributed by atoms with Crippen molar-refractivity contribution in [3.05, 3.63) is 0 Å². The summed E-state index contributed by atoms with van der Waals surface area (Å²) in [6.45, 7) is 5.33. The van der Waals surface area contributed by atoms with Crippen LogP contribution in [-0.4, -0.2) is 45.2 Å². The van der Waals surface area contributed by atoms with Gasteiger partial charge in [-0.05, 0) is 19.8 Å². The minimum Gasteiger partial charge on any atom is -0.479 e. The highest BCUT2D eigenvalue weighted by atomic mass is 16.4. The summed E-state index contributed by atoms with van der Waals surface area (Å²) in [4.78, 5) is 9.45. The summed E-state index contributed by atoms with van der Waals surface area (Å²) in [5.74, 6) is -1.10. The Hall–Kier alpha value is -0.650. The second-order valence-corrected chi connectivity index (χ2v) is 3.72. The zero-order chi connectivity index (χ0) is 13.1. The van der Waals surface area contributed by atoms with Crippen molar-refractivity contribution in [2.24, 2.45) is 5.92 Å². The lowest BCUT2D eigenvalue weighted by molar-refractivity contribution is -0.145. The molecule has 0 rings (SSSR count). The summed E-state index contributed by atoms with van der Waals surface area (Å²) in [7, 11) is 0. The van der Waals surface area contributed by atoms with Gasteiger partial charge in [0.15, 0.2) is 0 Å². The predicted molar refractivity (Wildman–Crippen MR) is 61.1 cm³/mol. The van der Waals surface area contributed by atoms with Crippen LogP contribution in [0.4, 0.5) is 0 Å². The van der Waals surface area contributed by atoms with Gasteiger partial charge in [-0.15, -0.1) is 0 Å². The number of rotatable bonds is 6. The fourth-order valence-electron chi connectivity index (χ4n) is 1.05. The minimum absolute atomic E-state index is 0.0833. The summed E-state index contributed by atoms with van der Waals surface area (Å²) in [6.07, 6.45) is 1.11. The molecule has 5 heteroatoms. The molecule has 98 valence electrons. The topological polar surface area (TPSA) is 98.0 Å². The van der Waals surface area contributed by atoms with Crippen molar-refractivity contribution in [2.45, 2.75) is 52.2 Å². The van der Waals surface area contributed by atoms with Gasteiger partial charge in [0.2, 0.25) is 0 Å². The van der Waals surface area contributed by atoms with Crippen molar-refractivity contribution >= 4 is 5.97 Å². The number of carboxylic acid groups (broad SMARTS) is 1. The summed E-state index contributed by atoms with van der Waals surface area (Å²) in [6, 6.07) is 0. The van der Waals surface area contributed by atoms with Crippen LogP contribution in [0.5, 0.6) is 0 Å². The molecule has 3 unspecified atom stereocenters. The summed E-state index contributed by atoms with van der Waals surface area (Å²) >= 11 is 0. The van der Waals surface area contributed by atoms with Gasteiger partial charge in [-0.3, -0.25) is 0 Å². The first-order valence-electron chi connectivity index (χ1n) is 5.60. The zero-order valence-corrected chi connectivity index (χ0v) is 10.3. The van der Waals surface area contributed by atoms with E-state index in [1.165, 1.54) is 6.92 Å². The summed E-state index contributed by atoms with van der Waals surface area (Å²) < 4.78 is 0. The Morgan fingerprint density at radius 3 is 1.88 bits per heavy atom. The molecule has 0 saturated carbocycles. The second-order valence-electron chi connectivity index (χ2n) is 3.72. The molecule has 0 aliphatic heterocycles. The lowest BCUT2D eigenvalue weighted by Crippen LogP contribution is -2.22. The van der Waals surface area contributed by atoms with Crippen LogP contribution in [0.15, 0.2) is 0 Å². The molecule has 0 aromatic heterocycles. The van der Waals surface area contributed by atoms with E-state index in [0.717, 1.165) is 19.3 Å². The van der Waals surface area contributed by atoms with E-state index >= 15 is 0 Å². The Balaban J connectivity index is 0. The van der Waals surface area contributed by atoms with Crippen LogP contribution in [0.25, 0.3) is 0 Å². The van der Waals surface area contributed by atoms with Gasteiger partial charge in [0.1, 0.15) is 6.10 Å². The first-order valence-corrected chi connectivity index (χ1v) is 5.60. The van der Waals surface area contributed by atoms with Crippen LogP contribution in [0, 0.1) is 5.92 Å². The number of hydrogen-bond donors (Lipinski definition) is 4. The second kappa shape index (κ2) is 10.9. The Morgan fingerprint density at radius 2 is 1.69 bits per heavy atom. The summed E-state index contributed by atoms with van der Waals surface area (Å²) in [5.41, 5.74) is 0. The highest BCUT2D eigenvalue weighted by molar-refractivity contribution is 5.71. The monoisotopic (exact) mass is 236 g/mol. The maximum atomic E-state index is 9.45. The Morgan fingerprint density at radius 1 is 1.25 bits per heavy atom. The first kappa shape index (κ1) is 17.7.